The van der Waals surface area contributed by atoms with Crippen molar-refractivity contribution in [3.63, 3.8) is 0 Å². The normalized spacial score (nSPS) is 16.3. The molecule has 0 saturated carbocycles. The molecule has 0 bridgehead atoms. The van der Waals surface area contributed by atoms with E-state index in [4.69, 9.17) is 13.7 Å². The number of aromatic nitrogens is 1. The van der Waals surface area contributed by atoms with E-state index >= 15 is 0 Å². The number of hydrogen-bond acceptors (Lipinski definition) is 12. The summed E-state index contributed by atoms with van der Waals surface area (Å²) in [5, 5.41) is 1.80. The number of benzene rings is 4. The van der Waals surface area contributed by atoms with E-state index in [0.717, 1.165) is 21.4 Å². The predicted molar refractivity (Wildman–Crippen MR) is 197 cm³/mol. The molecule has 5 aromatic rings. The number of thiazole rings is 1. The quantitative estimate of drug-likeness (QED) is 0.0340. The van der Waals surface area contributed by atoms with Crippen molar-refractivity contribution in [3.8, 4) is 5.75 Å². The van der Waals surface area contributed by atoms with E-state index in [9.17, 15) is 22.8 Å². The van der Waals surface area contributed by atoms with Gasteiger partial charge < -0.3 is 19.0 Å². The summed E-state index contributed by atoms with van der Waals surface area (Å²) in [7, 11) is -1.71. The number of nitrogens with one attached hydrogen (secondary N) is 1. The van der Waals surface area contributed by atoms with Gasteiger partial charge in [0.05, 0.1) is 16.5 Å². The summed E-state index contributed by atoms with van der Waals surface area (Å²) in [6.07, 6.45) is -0.0785. The molecule has 6 rings (SSSR count). The van der Waals surface area contributed by atoms with Gasteiger partial charge in [-0.05, 0) is 53.1 Å². The van der Waals surface area contributed by atoms with Crippen LogP contribution in [0.2, 0.25) is 0 Å². The van der Waals surface area contributed by atoms with E-state index in [2.05, 4.69) is 10.3 Å². The maximum absolute atomic E-state index is 14.3. The van der Waals surface area contributed by atoms with E-state index in [1.165, 1.54) is 39.8 Å². The molecule has 2 heterocycles. The Hall–Kier alpha value is -4.83. The van der Waals surface area contributed by atoms with Crippen LogP contribution < -0.4 is 10.1 Å². The van der Waals surface area contributed by atoms with Crippen LogP contribution in [0.25, 0.3) is 10.2 Å². The SMILES string of the molecule is CC(OS(C)(=O)=O)=C(C(=O)OC(c1ccccc1)c1ccccc1)N1C(=O)[C@@H](NC(=O)COc2ccccc2)[C@H]1SSc1nc2ccccc2s1. The van der Waals surface area contributed by atoms with Crippen LogP contribution in [-0.4, -0.2) is 60.4 Å². The zero-order chi connectivity index (χ0) is 36.0. The van der Waals surface area contributed by atoms with Gasteiger partial charge in [-0.15, -0.1) is 11.3 Å². The topological polar surface area (TPSA) is 141 Å². The molecule has 1 aromatic heterocycles. The fourth-order valence-corrected chi connectivity index (χ4v) is 9.67. The van der Waals surface area contributed by atoms with Crippen LogP contribution in [0.5, 0.6) is 5.75 Å². The number of carbonyl (C=O) groups excluding carboxylic acids is 3. The molecule has 1 aliphatic heterocycles. The number of fused-ring (bicyclic) bond motifs is 1. The first-order valence-electron chi connectivity index (χ1n) is 15.5. The number of esters is 1. The molecular formula is C36H31N3O8S4. The molecule has 262 valence electrons. The van der Waals surface area contributed by atoms with E-state index in [1.807, 2.05) is 42.5 Å². The second-order valence-electron chi connectivity index (χ2n) is 11.2. The maximum Gasteiger partial charge on any atom is 0.359 e. The fourth-order valence-electron chi connectivity index (χ4n) is 5.22. The van der Waals surface area contributed by atoms with Crippen molar-refractivity contribution in [2.45, 2.75) is 28.8 Å². The molecule has 1 fully saturated rings. The van der Waals surface area contributed by atoms with E-state index in [-0.39, 0.29) is 12.4 Å². The van der Waals surface area contributed by atoms with Gasteiger partial charge in [0.25, 0.3) is 11.8 Å². The van der Waals surface area contributed by atoms with Crippen molar-refractivity contribution in [1.29, 1.82) is 0 Å². The fraction of sp³-hybridized carbons (Fsp3) is 0.167. The number of carbonyl (C=O) groups is 3. The lowest BCUT2D eigenvalue weighted by atomic mass is 10.0. The molecule has 4 aromatic carbocycles. The van der Waals surface area contributed by atoms with Gasteiger partial charge >= 0.3 is 16.1 Å². The van der Waals surface area contributed by atoms with Gasteiger partial charge in [0.1, 0.15) is 22.9 Å². The van der Waals surface area contributed by atoms with Crippen LogP contribution in [0.4, 0.5) is 0 Å². The zero-order valence-corrected chi connectivity index (χ0v) is 30.5. The Morgan fingerprint density at radius 3 is 2.10 bits per heavy atom. The van der Waals surface area contributed by atoms with E-state index in [1.54, 1.807) is 72.8 Å². The number of nitrogens with zero attached hydrogens (tertiary/aromatic N) is 2. The molecule has 2 atom stereocenters. The lowest BCUT2D eigenvalue weighted by Crippen LogP contribution is -2.69. The number of rotatable bonds is 14. The molecule has 51 heavy (non-hydrogen) atoms. The third kappa shape index (κ3) is 8.92. The van der Waals surface area contributed by atoms with Gasteiger partial charge in [-0.3, -0.25) is 14.5 Å². The minimum Gasteiger partial charge on any atom is -0.484 e. The van der Waals surface area contributed by atoms with Gasteiger partial charge in [-0.2, -0.15) is 8.42 Å². The third-order valence-electron chi connectivity index (χ3n) is 7.44. The second kappa shape index (κ2) is 16.0. The first-order valence-corrected chi connectivity index (χ1v) is 20.3. The van der Waals surface area contributed by atoms with Gasteiger partial charge in [0.15, 0.2) is 22.7 Å². The minimum absolute atomic E-state index is 0.368. The highest BCUT2D eigenvalue weighted by molar-refractivity contribution is 8.77. The Labute approximate surface area is 306 Å². The average molecular weight is 762 g/mol. The molecule has 2 amide bonds. The Balaban J connectivity index is 1.32. The predicted octanol–water partition coefficient (Wildman–Crippen LogP) is 6.31. The lowest BCUT2D eigenvalue weighted by Gasteiger charge is -2.46. The summed E-state index contributed by atoms with van der Waals surface area (Å²) < 4.78 is 43.1. The van der Waals surface area contributed by atoms with Crippen LogP contribution >= 0.6 is 32.9 Å². The Bertz CT molecular complexity index is 2090. The molecule has 0 aliphatic carbocycles. The highest BCUT2D eigenvalue weighted by atomic mass is 33.1. The summed E-state index contributed by atoms with van der Waals surface area (Å²) in [4.78, 5) is 47.0. The number of allylic oxidation sites excluding steroid dienone is 1. The number of likely N-dealkylation sites (tertiary alicyclic amines) is 1. The van der Waals surface area contributed by atoms with Crippen LogP contribution in [0, 0.1) is 0 Å². The molecule has 0 radical (unpaired) electrons. The summed E-state index contributed by atoms with van der Waals surface area (Å²) >= 11 is 1.44. The molecule has 11 nitrogen and oxygen atoms in total. The molecule has 15 heteroatoms. The smallest absolute Gasteiger partial charge is 0.359 e. The highest BCUT2D eigenvalue weighted by Gasteiger charge is 2.53. The first kappa shape index (κ1) is 36.0. The number of amides is 2. The van der Waals surface area contributed by atoms with Crippen molar-refractivity contribution < 1.29 is 36.5 Å². The molecule has 0 unspecified atom stereocenters. The van der Waals surface area contributed by atoms with Gasteiger partial charge in [0, 0.05) is 0 Å². The molecule has 0 spiro atoms. The van der Waals surface area contributed by atoms with Crippen molar-refractivity contribution in [3.05, 3.63) is 138 Å². The number of para-hydroxylation sites is 2. The Morgan fingerprint density at radius 1 is 0.902 bits per heavy atom. The third-order valence-corrected chi connectivity index (χ3v) is 12.0. The molecule has 1 aliphatic rings. The number of hydrogen-bond donors (Lipinski definition) is 1. The standard InChI is InChI=1S/C36H31N3O8S4/c1-23(47-51(2,43)44)31(35(42)46-32(24-14-6-3-7-15-24)25-16-8-4-9-17-25)39-33(41)30(38-29(40)22-45-26-18-10-5-11-19-26)34(39)49-50-36-37-27-20-12-13-21-28(27)48-36/h3-21,30,32,34H,22H2,1-2H3,(H,38,40)/t30-,34-/m1/s1. The molecule has 1 N–H and O–H groups in total. The molecule has 1 saturated heterocycles. The van der Waals surface area contributed by atoms with Gasteiger partial charge in [0.2, 0.25) is 0 Å². The van der Waals surface area contributed by atoms with Crippen LogP contribution in [0.3, 0.4) is 0 Å². The Morgan fingerprint density at radius 2 is 1.49 bits per heavy atom. The van der Waals surface area contributed by atoms with E-state index < -0.39 is 51.1 Å². The number of β-lactam (4-membered cyclic amide) rings is 1. The minimum atomic E-state index is -4.13. The summed E-state index contributed by atoms with van der Waals surface area (Å²) in [5.41, 5.74) is 1.67. The second-order valence-corrected chi connectivity index (χ2v) is 16.3. The largest absolute Gasteiger partial charge is 0.484 e. The summed E-state index contributed by atoms with van der Waals surface area (Å²) in [6.45, 7) is 0.903. The molecular weight excluding hydrogens is 731 g/mol. The number of ether oxygens (including phenoxy) is 2. The van der Waals surface area contributed by atoms with Crippen molar-refractivity contribution in [2.24, 2.45) is 0 Å². The monoisotopic (exact) mass is 761 g/mol. The summed E-state index contributed by atoms with van der Waals surface area (Å²) in [6, 6.07) is 33.2. The highest BCUT2D eigenvalue weighted by Crippen LogP contribution is 2.46. The first-order chi connectivity index (χ1) is 24.6. The maximum atomic E-state index is 14.3. The van der Waals surface area contributed by atoms with Crippen LogP contribution in [0.15, 0.2) is 131 Å². The van der Waals surface area contributed by atoms with Crippen LogP contribution in [-0.2, 0) is 33.4 Å². The van der Waals surface area contributed by atoms with Crippen molar-refractivity contribution >= 4 is 71.0 Å². The van der Waals surface area contributed by atoms with Crippen molar-refractivity contribution in [2.75, 3.05) is 12.9 Å². The zero-order valence-electron chi connectivity index (χ0n) is 27.2. The van der Waals surface area contributed by atoms with Gasteiger partial charge in [-0.1, -0.05) is 102 Å². The average Bonchev–Trinajstić information content (AvgIpc) is 3.55. The van der Waals surface area contributed by atoms with Crippen LogP contribution in [0.1, 0.15) is 24.2 Å². The van der Waals surface area contributed by atoms with Gasteiger partial charge in [-0.25, -0.2) is 9.78 Å². The van der Waals surface area contributed by atoms with Crippen molar-refractivity contribution in [1.82, 2.24) is 15.2 Å². The van der Waals surface area contributed by atoms with E-state index in [0.29, 0.717) is 21.2 Å². The Kier molecular flexibility index (Phi) is 11.3. The lowest BCUT2D eigenvalue weighted by molar-refractivity contribution is -0.155. The summed E-state index contributed by atoms with van der Waals surface area (Å²) in [5.74, 6) is -2.15.